The van der Waals surface area contributed by atoms with Crippen LogP contribution >= 0.6 is 11.8 Å². The molecule has 2 heterocycles. The summed E-state index contributed by atoms with van der Waals surface area (Å²) in [5.74, 6) is 0.0117. The van der Waals surface area contributed by atoms with Crippen molar-refractivity contribution in [3.05, 3.63) is 0 Å². The first-order valence-corrected chi connectivity index (χ1v) is 6.56. The van der Waals surface area contributed by atoms with Crippen LogP contribution in [0.15, 0.2) is 0 Å². The van der Waals surface area contributed by atoms with Gasteiger partial charge < -0.3 is 5.11 Å². The van der Waals surface area contributed by atoms with Crippen LogP contribution in [0.4, 0.5) is 0 Å². The van der Waals surface area contributed by atoms with E-state index in [2.05, 4.69) is 10.2 Å². The van der Waals surface area contributed by atoms with E-state index in [0.717, 1.165) is 25.6 Å². The fraction of sp³-hybridized carbons (Fsp3) is 0.900. The Kier molecular flexibility index (Phi) is 2.23. The highest BCUT2D eigenvalue weighted by Crippen LogP contribution is 2.42. The second-order valence-electron chi connectivity index (χ2n) is 4.79. The van der Waals surface area contributed by atoms with Crippen molar-refractivity contribution in [2.45, 2.75) is 36.2 Å². The van der Waals surface area contributed by atoms with E-state index in [-0.39, 0.29) is 10.9 Å². The third-order valence-corrected chi connectivity index (χ3v) is 5.09. The van der Waals surface area contributed by atoms with Gasteiger partial charge in [-0.15, -0.1) is 11.8 Å². The average molecular weight is 228 g/mol. The average Bonchev–Trinajstić information content (AvgIpc) is 2.85. The predicted octanol–water partition coefficient (Wildman–Crippen LogP) is 0.340. The Labute approximate surface area is 93.4 Å². The van der Waals surface area contributed by atoms with Gasteiger partial charge in [-0.2, -0.15) is 0 Å². The zero-order valence-electron chi connectivity index (χ0n) is 8.61. The van der Waals surface area contributed by atoms with Crippen LogP contribution in [-0.4, -0.2) is 51.8 Å². The Bertz CT molecular complexity index is 295. The van der Waals surface area contributed by atoms with Crippen molar-refractivity contribution >= 4 is 17.7 Å². The van der Waals surface area contributed by atoms with Crippen LogP contribution in [0.2, 0.25) is 0 Å². The van der Waals surface area contributed by atoms with Crippen LogP contribution in [0.3, 0.4) is 0 Å². The van der Waals surface area contributed by atoms with E-state index >= 15 is 0 Å². The van der Waals surface area contributed by atoms with E-state index in [1.165, 1.54) is 12.8 Å². The molecule has 2 atom stereocenters. The molecular formula is C10H16N2O2S. The van der Waals surface area contributed by atoms with Crippen LogP contribution in [0.25, 0.3) is 0 Å². The number of carbonyl (C=O) groups is 1. The Balaban J connectivity index is 1.64. The van der Waals surface area contributed by atoms with E-state index in [9.17, 15) is 4.79 Å². The maximum atomic E-state index is 10.9. The summed E-state index contributed by atoms with van der Waals surface area (Å²) in [4.78, 5) is 13.4. The molecular weight excluding hydrogens is 212 g/mol. The largest absolute Gasteiger partial charge is 0.480 e. The van der Waals surface area contributed by atoms with E-state index in [4.69, 9.17) is 5.11 Å². The fourth-order valence-corrected chi connectivity index (χ4v) is 4.00. The molecule has 2 saturated heterocycles. The minimum atomic E-state index is -0.704. The quantitative estimate of drug-likeness (QED) is 0.714. The fourth-order valence-electron chi connectivity index (χ4n) is 2.57. The van der Waals surface area contributed by atoms with Gasteiger partial charge in [0.15, 0.2) is 0 Å². The molecule has 2 N–H and O–H groups in total. The maximum Gasteiger partial charge on any atom is 0.321 e. The number of likely N-dealkylation sites (tertiary alicyclic amines) is 1. The number of nitrogens with one attached hydrogen (secondary N) is 1. The number of hydrogen-bond acceptors (Lipinski definition) is 4. The summed E-state index contributed by atoms with van der Waals surface area (Å²) in [6.07, 6.45) is 3.77. The molecule has 0 radical (unpaired) electrons. The Hall–Kier alpha value is -0.260. The number of thioether (sulfide) groups is 1. The maximum absolute atomic E-state index is 10.9. The first kappa shape index (κ1) is 9.93. The summed E-state index contributed by atoms with van der Waals surface area (Å²) in [6, 6.07) is 0.463. The topological polar surface area (TPSA) is 52.6 Å². The highest BCUT2D eigenvalue weighted by molar-refractivity contribution is 8.01. The molecule has 0 bridgehead atoms. The summed E-state index contributed by atoms with van der Waals surface area (Å²) >= 11 is 1.80. The molecule has 15 heavy (non-hydrogen) atoms. The van der Waals surface area contributed by atoms with Gasteiger partial charge in [0, 0.05) is 24.9 Å². The highest BCUT2D eigenvalue weighted by Gasteiger charge is 2.48. The van der Waals surface area contributed by atoms with E-state index in [0.29, 0.717) is 5.75 Å². The van der Waals surface area contributed by atoms with Crippen molar-refractivity contribution in [1.82, 2.24) is 10.2 Å². The number of aliphatic carboxylic acids is 1. The molecule has 3 fully saturated rings. The molecule has 1 saturated carbocycles. The van der Waals surface area contributed by atoms with Crippen LogP contribution in [-0.2, 0) is 4.79 Å². The number of rotatable bonds is 2. The third-order valence-electron chi connectivity index (χ3n) is 3.59. The van der Waals surface area contributed by atoms with Crippen molar-refractivity contribution in [1.29, 1.82) is 0 Å². The number of hydrogen-bond donors (Lipinski definition) is 2. The summed E-state index contributed by atoms with van der Waals surface area (Å²) in [6.45, 7) is 2.17. The van der Waals surface area contributed by atoms with E-state index in [1.54, 1.807) is 11.8 Å². The second-order valence-corrected chi connectivity index (χ2v) is 6.20. The summed E-state index contributed by atoms with van der Waals surface area (Å²) in [7, 11) is 0. The lowest BCUT2D eigenvalue weighted by molar-refractivity contribution is -0.138. The third kappa shape index (κ3) is 1.77. The van der Waals surface area contributed by atoms with E-state index < -0.39 is 5.97 Å². The lowest BCUT2D eigenvalue weighted by atomic mass is 10.2. The summed E-state index contributed by atoms with van der Waals surface area (Å²) < 4.78 is 0. The van der Waals surface area contributed by atoms with Gasteiger partial charge in [0.2, 0.25) is 0 Å². The lowest BCUT2D eigenvalue weighted by Gasteiger charge is -2.24. The second kappa shape index (κ2) is 3.37. The molecule has 2 aliphatic heterocycles. The number of carboxylic acid groups (broad SMARTS) is 1. The van der Waals surface area contributed by atoms with Gasteiger partial charge >= 0.3 is 5.97 Å². The van der Waals surface area contributed by atoms with Gasteiger partial charge in [-0.1, -0.05) is 0 Å². The highest BCUT2D eigenvalue weighted by atomic mass is 32.2. The Morgan fingerprint density at radius 2 is 2.33 bits per heavy atom. The van der Waals surface area contributed by atoms with Gasteiger partial charge in [-0.25, -0.2) is 0 Å². The Morgan fingerprint density at radius 1 is 1.53 bits per heavy atom. The summed E-state index contributed by atoms with van der Waals surface area (Å²) in [5, 5.41) is 12.3. The SMILES string of the molecule is O=C(O)C1CSC2(CCN(C3CC3)C2)N1. The first-order chi connectivity index (χ1) is 7.19. The Morgan fingerprint density at radius 3 is 2.93 bits per heavy atom. The molecule has 0 aromatic heterocycles. The van der Waals surface area contributed by atoms with Crippen molar-refractivity contribution in [2.24, 2.45) is 0 Å². The molecule has 1 spiro atoms. The molecule has 0 amide bonds. The zero-order chi connectivity index (χ0) is 10.5. The molecule has 2 unspecified atom stereocenters. The van der Waals surface area contributed by atoms with Gasteiger partial charge in [0.1, 0.15) is 6.04 Å². The molecule has 3 aliphatic rings. The van der Waals surface area contributed by atoms with Crippen LogP contribution < -0.4 is 5.32 Å². The van der Waals surface area contributed by atoms with Gasteiger partial charge in [0.05, 0.1) is 4.87 Å². The smallest absolute Gasteiger partial charge is 0.321 e. The number of nitrogens with zero attached hydrogens (tertiary/aromatic N) is 1. The molecule has 3 rings (SSSR count). The van der Waals surface area contributed by atoms with Crippen LogP contribution in [0.1, 0.15) is 19.3 Å². The van der Waals surface area contributed by atoms with Gasteiger partial charge in [-0.3, -0.25) is 15.0 Å². The first-order valence-electron chi connectivity index (χ1n) is 5.57. The van der Waals surface area contributed by atoms with Crippen LogP contribution in [0, 0.1) is 0 Å². The lowest BCUT2D eigenvalue weighted by Crippen LogP contribution is -2.46. The normalized spacial score (nSPS) is 41.5. The van der Waals surface area contributed by atoms with Gasteiger partial charge in [0.25, 0.3) is 0 Å². The molecule has 1 aliphatic carbocycles. The van der Waals surface area contributed by atoms with Crippen molar-refractivity contribution in [3.8, 4) is 0 Å². The van der Waals surface area contributed by atoms with E-state index in [1.807, 2.05) is 0 Å². The van der Waals surface area contributed by atoms with Gasteiger partial charge in [-0.05, 0) is 19.3 Å². The molecule has 0 aromatic carbocycles. The monoisotopic (exact) mass is 228 g/mol. The van der Waals surface area contributed by atoms with Crippen molar-refractivity contribution < 1.29 is 9.90 Å². The number of carboxylic acids is 1. The zero-order valence-corrected chi connectivity index (χ0v) is 9.42. The summed E-state index contributed by atoms with van der Waals surface area (Å²) in [5.41, 5.74) is 0. The molecule has 84 valence electrons. The minimum absolute atomic E-state index is 0.0473. The molecule has 0 aromatic rings. The standard InChI is InChI=1S/C10H16N2O2S/c13-9(14)8-5-15-10(11-8)3-4-12(6-10)7-1-2-7/h7-8,11H,1-6H2,(H,13,14). The van der Waals surface area contributed by atoms with Crippen LogP contribution in [0.5, 0.6) is 0 Å². The molecule has 5 heteroatoms. The van der Waals surface area contributed by atoms with Crippen molar-refractivity contribution in [2.75, 3.05) is 18.8 Å². The molecule has 4 nitrogen and oxygen atoms in total. The predicted molar refractivity (Wildman–Crippen MR) is 59.0 cm³/mol. The van der Waals surface area contributed by atoms with Crippen molar-refractivity contribution in [3.63, 3.8) is 0 Å². The minimum Gasteiger partial charge on any atom is -0.480 e.